The van der Waals surface area contributed by atoms with Crippen molar-refractivity contribution in [3.05, 3.63) is 0 Å². The summed E-state index contributed by atoms with van der Waals surface area (Å²) in [5, 5.41) is 10.7. The van der Waals surface area contributed by atoms with E-state index >= 15 is 0 Å². The number of hydrogen-bond acceptors (Lipinski definition) is 3. The van der Waals surface area contributed by atoms with Crippen LogP contribution in [0.5, 0.6) is 0 Å². The smallest absolute Gasteiger partial charge is 0.391 e. The summed E-state index contributed by atoms with van der Waals surface area (Å²) in [6.45, 7) is 0.481. The van der Waals surface area contributed by atoms with Crippen LogP contribution >= 0.6 is 0 Å². The van der Waals surface area contributed by atoms with Gasteiger partial charge in [0.25, 0.3) is 0 Å². The van der Waals surface area contributed by atoms with E-state index in [1.165, 1.54) is 0 Å². The zero-order valence-electron chi connectivity index (χ0n) is 7.47. The fraction of sp³-hybridized carbons (Fsp3) is 0.857. The molecule has 4 N–H and O–H groups in total. The fourth-order valence-electron chi connectivity index (χ4n) is 0.857. The van der Waals surface area contributed by atoms with Gasteiger partial charge in [-0.15, -0.1) is 0 Å². The van der Waals surface area contributed by atoms with Gasteiger partial charge in [0.05, 0.1) is 6.42 Å². The molecule has 1 unspecified atom stereocenters. The van der Waals surface area contributed by atoms with Crippen molar-refractivity contribution in [1.29, 1.82) is 0 Å². The molecule has 0 saturated carbocycles. The van der Waals surface area contributed by atoms with E-state index in [9.17, 15) is 18.0 Å². The Morgan fingerprint density at radius 3 is 2.43 bits per heavy atom. The Kier molecular flexibility index (Phi) is 5.47. The first-order valence-corrected chi connectivity index (χ1v) is 4.10. The summed E-state index contributed by atoms with van der Waals surface area (Å²) in [5.74, 6) is -1.50. The molecule has 0 bridgehead atoms. The number of rotatable bonds is 6. The van der Waals surface area contributed by atoms with Crippen molar-refractivity contribution in [2.24, 2.45) is 5.73 Å². The van der Waals surface area contributed by atoms with Crippen molar-refractivity contribution in [3.8, 4) is 0 Å². The maximum absolute atomic E-state index is 11.8. The van der Waals surface area contributed by atoms with Gasteiger partial charge in [-0.25, -0.2) is 0 Å². The first-order chi connectivity index (χ1) is 6.37. The van der Waals surface area contributed by atoms with Gasteiger partial charge in [0.1, 0.15) is 6.04 Å². The Labute approximate surface area is 79.3 Å². The average Bonchev–Trinajstić information content (AvgIpc) is 2.00. The number of halogens is 3. The van der Waals surface area contributed by atoms with E-state index in [-0.39, 0.29) is 6.54 Å². The van der Waals surface area contributed by atoms with E-state index in [4.69, 9.17) is 10.8 Å². The standard InChI is InChI=1S/C7H13F3N2O2/c8-7(9,10)4-5(6(13)14)12-3-1-2-11/h5,12H,1-4,11H2,(H,13,14). The molecule has 0 rings (SSSR count). The lowest BCUT2D eigenvalue weighted by atomic mass is 10.2. The first-order valence-electron chi connectivity index (χ1n) is 4.10. The van der Waals surface area contributed by atoms with Crippen molar-refractivity contribution in [3.63, 3.8) is 0 Å². The molecule has 0 fully saturated rings. The molecule has 0 aliphatic heterocycles. The quantitative estimate of drug-likeness (QED) is 0.557. The van der Waals surface area contributed by atoms with E-state index in [2.05, 4.69) is 5.32 Å². The number of carboxylic acids is 1. The zero-order valence-corrected chi connectivity index (χ0v) is 7.47. The minimum Gasteiger partial charge on any atom is -0.480 e. The molecule has 14 heavy (non-hydrogen) atoms. The molecule has 0 amide bonds. The molecular weight excluding hydrogens is 201 g/mol. The fourth-order valence-corrected chi connectivity index (χ4v) is 0.857. The molecular formula is C7H13F3N2O2. The summed E-state index contributed by atoms with van der Waals surface area (Å²) in [6, 6.07) is -1.58. The van der Waals surface area contributed by atoms with Crippen molar-refractivity contribution < 1.29 is 23.1 Å². The Morgan fingerprint density at radius 2 is 2.07 bits per heavy atom. The Balaban J connectivity index is 3.97. The van der Waals surface area contributed by atoms with Crippen LogP contribution in [0.4, 0.5) is 13.2 Å². The van der Waals surface area contributed by atoms with Gasteiger partial charge in [-0.3, -0.25) is 4.79 Å². The monoisotopic (exact) mass is 214 g/mol. The number of carboxylic acid groups (broad SMARTS) is 1. The SMILES string of the molecule is NCCCNC(CC(F)(F)F)C(=O)O. The van der Waals surface area contributed by atoms with Gasteiger partial charge in [0, 0.05) is 0 Å². The second kappa shape index (κ2) is 5.82. The van der Waals surface area contributed by atoms with Crippen LogP contribution in [0.25, 0.3) is 0 Å². The molecule has 0 heterocycles. The highest BCUT2D eigenvalue weighted by Crippen LogP contribution is 2.21. The number of nitrogens with one attached hydrogen (secondary N) is 1. The number of aliphatic carboxylic acids is 1. The molecule has 0 radical (unpaired) electrons. The molecule has 7 heteroatoms. The summed E-state index contributed by atoms with van der Waals surface area (Å²) in [4.78, 5) is 10.4. The number of hydrogen-bond donors (Lipinski definition) is 3. The van der Waals surface area contributed by atoms with Crippen LogP contribution < -0.4 is 11.1 Å². The molecule has 0 saturated heterocycles. The summed E-state index contributed by atoms with van der Waals surface area (Å²) in [7, 11) is 0. The summed E-state index contributed by atoms with van der Waals surface area (Å²) in [5.41, 5.74) is 5.11. The third-order valence-corrected chi connectivity index (χ3v) is 1.51. The topological polar surface area (TPSA) is 75.3 Å². The first kappa shape index (κ1) is 13.2. The van der Waals surface area contributed by atoms with Crippen LogP contribution in [0.1, 0.15) is 12.8 Å². The second-order valence-corrected chi connectivity index (χ2v) is 2.81. The highest BCUT2D eigenvalue weighted by molar-refractivity contribution is 5.73. The average molecular weight is 214 g/mol. The molecule has 4 nitrogen and oxygen atoms in total. The number of carbonyl (C=O) groups is 1. The van der Waals surface area contributed by atoms with Crippen LogP contribution in [-0.4, -0.2) is 36.4 Å². The second-order valence-electron chi connectivity index (χ2n) is 2.81. The molecule has 0 aromatic carbocycles. The van der Waals surface area contributed by atoms with Gasteiger partial charge >= 0.3 is 12.1 Å². The molecule has 0 aliphatic rings. The predicted molar refractivity (Wildman–Crippen MR) is 43.8 cm³/mol. The molecule has 0 aromatic heterocycles. The number of nitrogens with two attached hydrogens (primary N) is 1. The normalized spacial score (nSPS) is 14.0. The summed E-state index contributed by atoms with van der Waals surface area (Å²) >= 11 is 0. The van der Waals surface area contributed by atoms with Gasteiger partial charge < -0.3 is 16.2 Å². The van der Waals surface area contributed by atoms with Gasteiger partial charge in [0.2, 0.25) is 0 Å². The third kappa shape index (κ3) is 6.67. The predicted octanol–water partition coefficient (Wildman–Crippen LogP) is 0.330. The molecule has 0 aliphatic carbocycles. The van der Waals surface area contributed by atoms with E-state index in [1.54, 1.807) is 0 Å². The van der Waals surface area contributed by atoms with E-state index < -0.39 is 24.6 Å². The minimum atomic E-state index is -4.47. The summed E-state index contributed by atoms with van der Waals surface area (Å²) < 4.78 is 35.5. The molecule has 0 spiro atoms. The Morgan fingerprint density at radius 1 is 1.50 bits per heavy atom. The van der Waals surface area contributed by atoms with Crippen molar-refractivity contribution >= 4 is 5.97 Å². The van der Waals surface area contributed by atoms with Crippen molar-refractivity contribution in [2.45, 2.75) is 25.1 Å². The van der Waals surface area contributed by atoms with Crippen LogP contribution in [-0.2, 0) is 4.79 Å². The highest BCUT2D eigenvalue weighted by atomic mass is 19.4. The van der Waals surface area contributed by atoms with E-state index in [0.29, 0.717) is 13.0 Å². The molecule has 84 valence electrons. The summed E-state index contributed by atoms with van der Waals surface area (Å²) in [6.07, 6.45) is -5.40. The lowest BCUT2D eigenvalue weighted by Gasteiger charge is -2.15. The maximum Gasteiger partial charge on any atom is 0.391 e. The number of alkyl halides is 3. The molecule has 0 aromatic rings. The Bertz CT molecular complexity index is 184. The maximum atomic E-state index is 11.8. The lowest BCUT2D eigenvalue weighted by Crippen LogP contribution is -2.41. The van der Waals surface area contributed by atoms with Crippen LogP contribution in [0.3, 0.4) is 0 Å². The van der Waals surface area contributed by atoms with Gasteiger partial charge in [-0.1, -0.05) is 0 Å². The van der Waals surface area contributed by atoms with Gasteiger partial charge in [0.15, 0.2) is 0 Å². The van der Waals surface area contributed by atoms with Crippen molar-refractivity contribution in [1.82, 2.24) is 5.32 Å². The van der Waals surface area contributed by atoms with Crippen LogP contribution in [0.2, 0.25) is 0 Å². The highest BCUT2D eigenvalue weighted by Gasteiger charge is 2.34. The van der Waals surface area contributed by atoms with Gasteiger partial charge in [-0.2, -0.15) is 13.2 Å². The van der Waals surface area contributed by atoms with E-state index in [0.717, 1.165) is 0 Å². The Hall–Kier alpha value is -0.820. The largest absolute Gasteiger partial charge is 0.480 e. The third-order valence-electron chi connectivity index (χ3n) is 1.51. The molecule has 1 atom stereocenters. The van der Waals surface area contributed by atoms with Crippen LogP contribution in [0, 0.1) is 0 Å². The van der Waals surface area contributed by atoms with Crippen LogP contribution in [0.15, 0.2) is 0 Å². The lowest BCUT2D eigenvalue weighted by molar-refractivity contribution is -0.158. The zero-order chi connectivity index (χ0) is 11.2. The van der Waals surface area contributed by atoms with Crippen molar-refractivity contribution in [2.75, 3.05) is 13.1 Å². The van der Waals surface area contributed by atoms with E-state index in [1.807, 2.05) is 0 Å². The minimum absolute atomic E-state index is 0.170. The van der Waals surface area contributed by atoms with Gasteiger partial charge in [-0.05, 0) is 19.5 Å².